The second kappa shape index (κ2) is 3.20. The topological polar surface area (TPSA) is 73.1 Å². The Hall–Kier alpha value is -0.940. The minimum absolute atomic E-state index is 0.129. The summed E-state index contributed by atoms with van der Waals surface area (Å²) in [6.07, 6.45) is 1.57. The first-order chi connectivity index (χ1) is 5.47. The highest BCUT2D eigenvalue weighted by Gasteiger charge is 2.04. The molecule has 0 unspecified atom stereocenters. The maximum atomic E-state index is 10.7. The fraction of sp³-hybridized carbons (Fsp3) is 0.286. The van der Waals surface area contributed by atoms with Crippen molar-refractivity contribution in [2.75, 3.05) is 0 Å². The number of rotatable bonds is 2. The van der Waals surface area contributed by atoms with E-state index in [2.05, 4.69) is 4.98 Å². The summed E-state index contributed by atoms with van der Waals surface area (Å²) in [5, 5.41) is 4.87. The minimum Gasteiger partial charge on any atom is -0.262 e. The molecule has 0 aliphatic heterocycles. The van der Waals surface area contributed by atoms with E-state index < -0.39 is 10.0 Å². The Kier molecular flexibility index (Phi) is 2.44. The van der Waals surface area contributed by atoms with Crippen molar-refractivity contribution in [3.63, 3.8) is 0 Å². The van der Waals surface area contributed by atoms with Crippen LogP contribution in [0.1, 0.15) is 11.3 Å². The van der Waals surface area contributed by atoms with E-state index in [0.29, 0.717) is 5.56 Å². The zero-order valence-corrected chi connectivity index (χ0v) is 7.50. The van der Waals surface area contributed by atoms with E-state index in [-0.39, 0.29) is 5.75 Å². The molecule has 0 bridgehead atoms. The van der Waals surface area contributed by atoms with Gasteiger partial charge in [0, 0.05) is 11.9 Å². The van der Waals surface area contributed by atoms with Gasteiger partial charge in [0.05, 0.1) is 5.75 Å². The number of hydrogen-bond donors (Lipinski definition) is 1. The number of hydrogen-bond acceptors (Lipinski definition) is 3. The lowest BCUT2D eigenvalue weighted by Gasteiger charge is -1.98. The minimum atomic E-state index is -3.42. The van der Waals surface area contributed by atoms with Crippen LogP contribution in [0.2, 0.25) is 0 Å². The molecule has 5 heteroatoms. The molecule has 0 fully saturated rings. The molecule has 66 valence electrons. The van der Waals surface area contributed by atoms with Crippen LogP contribution in [-0.4, -0.2) is 13.4 Å². The third-order valence-electron chi connectivity index (χ3n) is 1.33. The quantitative estimate of drug-likeness (QED) is 0.716. The second-order valence-corrected chi connectivity index (χ2v) is 4.23. The molecule has 0 saturated heterocycles. The summed E-state index contributed by atoms with van der Waals surface area (Å²) < 4.78 is 21.3. The van der Waals surface area contributed by atoms with Crippen molar-refractivity contribution >= 4 is 10.0 Å². The maximum Gasteiger partial charge on any atom is 0.213 e. The summed E-state index contributed by atoms with van der Waals surface area (Å²) in [5.74, 6) is -0.129. The van der Waals surface area contributed by atoms with Gasteiger partial charge in [-0.15, -0.1) is 0 Å². The maximum absolute atomic E-state index is 10.7. The summed E-state index contributed by atoms with van der Waals surface area (Å²) in [6, 6.07) is 3.34. The van der Waals surface area contributed by atoms with Gasteiger partial charge in [-0.1, -0.05) is 0 Å². The molecule has 1 heterocycles. The number of aromatic nitrogens is 1. The molecular formula is C7H10N2O2S. The highest BCUT2D eigenvalue weighted by Crippen LogP contribution is 2.03. The monoisotopic (exact) mass is 186 g/mol. The van der Waals surface area contributed by atoms with Gasteiger partial charge in [0.1, 0.15) is 0 Å². The molecule has 0 aliphatic carbocycles. The average molecular weight is 186 g/mol. The zero-order valence-electron chi connectivity index (χ0n) is 6.69. The predicted molar refractivity (Wildman–Crippen MR) is 45.8 cm³/mol. The van der Waals surface area contributed by atoms with Crippen LogP contribution < -0.4 is 5.14 Å². The number of aryl methyl sites for hydroxylation is 1. The van der Waals surface area contributed by atoms with E-state index in [0.717, 1.165) is 5.69 Å². The van der Waals surface area contributed by atoms with Gasteiger partial charge in [-0.25, -0.2) is 13.6 Å². The van der Waals surface area contributed by atoms with Crippen molar-refractivity contribution in [2.24, 2.45) is 5.14 Å². The first-order valence-electron chi connectivity index (χ1n) is 3.39. The lowest BCUT2D eigenvalue weighted by Crippen LogP contribution is -2.14. The molecule has 0 aliphatic rings. The molecule has 1 rings (SSSR count). The lowest BCUT2D eigenvalue weighted by molar-refractivity contribution is 0.597. The first kappa shape index (κ1) is 9.15. The zero-order chi connectivity index (χ0) is 9.19. The smallest absolute Gasteiger partial charge is 0.213 e. The standard InChI is InChI=1S/C7H10N2O2S/c1-6-4-7(2-3-9-6)5-12(8,10)11/h2-4H,5H2,1H3,(H2,8,10,11). The van der Waals surface area contributed by atoms with Crippen molar-refractivity contribution in [3.8, 4) is 0 Å². The van der Waals surface area contributed by atoms with Crippen LogP contribution in [0.5, 0.6) is 0 Å². The molecule has 0 saturated carbocycles. The van der Waals surface area contributed by atoms with Gasteiger partial charge in [-0.3, -0.25) is 4.98 Å². The van der Waals surface area contributed by atoms with Crippen molar-refractivity contribution in [1.82, 2.24) is 4.98 Å². The van der Waals surface area contributed by atoms with Crippen molar-refractivity contribution in [1.29, 1.82) is 0 Å². The second-order valence-electron chi connectivity index (χ2n) is 2.61. The Morgan fingerprint density at radius 1 is 1.58 bits per heavy atom. The Balaban J connectivity index is 2.91. The molecule has 1 aromatic heterocycles. The normalized spacial score (nSPS) is 11.5. The van der Waals surface area contributed by atoms with Gasteiger partial charge in [-0.05, 0) is 24.6 Å². The average Bonchev–Trinajstić information content (AvgIpc) is 1.82. The van der Waals surface area contributed by atoms with Crippen LogP contribution in [0.25, 0.3) is 0 Å². The molecule has 12 heavy (non-hydrogen) atoms. The van der Waals surface area contributed by atoms with Crippen LogP contribution >= 0.6 is 0 Å². The van der Waals surface area contributed by atoms with Crippen LogP contribution in [0, 0.1) is 6.92 Å². The molecule has 4 nitrogen and oxygen atoms in total. The van der Waals surface area contributed by atoms with Crippen LogP contribution in [-0.2, 0) is 15.8 Å². The van der Waals surface area contributed by atoms with Gasteiger partial charge in [0.2, 0.25) is 10.0 Å². The Labute approximate surface area is 71.5 Å². The number of pyridine rings is 1. The summed E-state index contributed by atoms with van der Waals surface area (Å²) in [4.78, 5) is 3.93. The van der Waals surface area contributed by atoms with E-state index in [4.69, 9.17) is 5.14 Å². The number of primary sulfonamides is 1. The van der Waals surface area contributed by atoms with Crippen molar-refractivity contribution < 1.29 is 8.42 Å². The Bertz CT molecular complexity index is 373. The van der Waals surface area contributed by atoms with E-state index in [1.807, 2.05) is 0 Å². The van der Waals surface area contributed by atoms with Gasteiger partial charge in [-0.2, -0.15) is 0 Å². The largest absolute Gasteiger partial charge is 0.262 e. The van der Waals surface area contributed by atoms with Crippen LogP contribution in [0.4, 0.5) is 0 Å². The highest BCUT2D eigenvalue weighted by atomic mass is 32.2. The van der Waals surface area contributed by atoms with Gasteiger partial charge < -0.3 is 0 Å². The molecule has 0 amide bonds. The molecule has 2 N–H and O–H groups in total. The van der Waals surface area contributed by atoms with E-state index >= 15 is 0 Å². The fourth-order valence-electron chi connectivity index (χ4n) is 0.926. The van der Waals surface area contributed by atoms with Crippen molar-refractivity contribution in [3.05, 3.63) is 29.6 Å². The summed E-state index contributed by atoms with van der Waals surface area (Å²) in [5.41, 5.74) is 1.46. The van der Waals surface area contributed by atoms with Crippen LogP contribution in [0.3, 0.4) is 0 Å². The highest BCUT2D eigenvalue weighted by molar-refractivity contribution is 7.88. The summed E-state index contributed by atoms with van der Waals surface area (Å²) in [7, 11) is -3.42. The van der Waals surface area contributed by atoms with E-state index in [1.165, 1.54) is 0 Å². The van der Waals surface area contributed by atoms with Crippen LogP contribution in [0.15, 0.2) is 18.3 Å². The first-order valence-corrected chi connectivity index (χ1v) is 5.11. The lowest BCUT2D eigenvalue weighted by atomic mass is 10.2. The van der Waals surface area contributed by atoms with E-state index in [9.17, 15) is 8.42 Å². The molecule has 0 spiro atoms. The third-order valence-corrected chi connectivity index (χ3v) is 2.06. The number of sulfonamides is 1. The number of nitrogens with two attached hydrogens (primary N) is 1. The molecule has 0 atom stereocenters. The fourth-order valence-corrected chi connectivity index (χ4v) is 1.57. The molecule has 0 aromatic carbocycles. The Morgan fingerprint density at radius 3 is 2.75 bits per heavy atom. The third kappa shape index (κ3) is 2.98. The summed E-state index contributed by atoms with van der Waals surface area (Å²) in [6.45, 7) is 1.80. The number of nitrogens with zero attached hydrogens (tertiary/aromatic N) is 1. The summed E-state index contributed by atoms with van der Waals surface area (Å²) >= 11 is 0. The molecule has 0 radical (unpaired) electrons. The van der Waals surface area contributed by atoms with Gasteiger partial charge in [0.15, 0.2) is 0 Å². The molecule has 1 aromatic rings. The van der Waals surface area contributed by atoms with Crippen molar-refractivity contribution in [2.45, 2.75) is 12.7 Å². The molecular weight excluding hydrogens is 176 g/mol. The Morgan fingerprint density at radius 2 is 2.25 bits per heavy atom. The van der Waals surface area contributed by atoms with E-state index in [1.54, 1.807) is 25.3 Å². The van der Waals surface area contributed by atoms with Gasteiger partial charge in [0.25, 0.3) is 0 Å². The van der Waals surface area contributed by atoms with Gasteiger partial charge >= 0.3 is 0 Å². The predicted octanol–water partition coefficient (Wildman–Crippen LogP) is 0.179. The SMILES string of the molecule is Cc1cc(CS(N)(=O)=O)ccn1.